The highest BCUT2D eigenvalue weighted by atomic mass is 19.4. The van der Waals surface area contributed by atoms with E-state index in [2.05, 4.69) is 0 Å². The summed E-state index contributed by atoms with van der Waals surface area (Å²) in [5, 5.41) is 0. The first kappa shape index (κ1) is 21.3. The van der Waals surface area contributed by atoms with Gasteiger partial charge < -0.3 is 9.47 Å². The molecule has 0 amide bonds. The Kier molecular flexibility index (Phi) is 8.65. The second-order valence-corrected chi connectivity index (χ2v) is 6.57. The van der Waals surface area contributed by atoms with Gasteiger partial charge in [0.05, 0.1) is 0 Å². The third-order valence-corrected chi connectivity index (χ3v) is 4.29. The molecule has 0 aromatic heterocycles. The van der Waals surface area contributed by atoms with Gasteiger partial charge in [-0.2, -0.15) is 13.2 Å². The second-order valence-electron chi connectivity index (χ2n) is 6.57. The summed E-state index contributed by atoms with van der Waals surface area (Å²) in [5.41, 5.74) is 2.08. The van der Waals surface area contributed by atoms with Crippen LogP contribution < -0.4 is 4.74 Å². The fourth-order valence-electron chi connectivity index (χ4n) is 2.70. The molecule has 0 fully saturated rings. The van der Waals surface area contributed by atoms with E-state index in [9.17, 15) is 13.2 Å². The number of unbranched alkanes of at least 4 members (excludes halogenated alkanes) is 1. The Morgan fingerprint density at radius 1 is 0.889 bits per heavy atom. The molecule has 0 saturated carbocycles. The van der Waals surface area contributed by atoms with E-state index in [1.165, 1.54) is 0 Å². The largest absolute Gasteiger partial charge is 0.489 e. The summed E-state index contributed by atoms with van der Waals surface area (Å²) in [5.74, 6) is 0.749. The third kappa shape index (κ3) is 8.04. The lowest BCUT2D eigenvalue weighted by Gasteiger charge is -2.20. The van der Waals surface area contributed by atoms with Gasteiger partial charge >= 0.3 is 6.18 Å². The molecule has 27 heavy (non-hydrogen) atoms. The van der Waals surface area contributed by atoms with E-state index in [4.69, 9.17) is 9.47 Å². The monoisotopic (exact) mass is 380 g/mol. The van der Waals surface area contributed by atoms with Crippen LogP contribution in [0.2, 0.25) is 0 Å². The number of aryl methyl sites for hydroxylation is 1. The van der Waals surface area contributed by atoms with E-state index in [-0.39, 0.29) is 13.0 Å². The van der Waals surface area contributed by atoms with Crippen molar-refractivity contribution in [2.75, 3.05) is 6.61 Å². The maximum atomic E-state index is 13.0. The van der Waals surface area contributed by atoms with Crippen molar-refractivity contribution in [2.45, 2.75) is 57.9 Å². The molecule has 0 aliphatic rings. The zero-order chi connectivity index (χ0) is 19.5. The topological polar surface area (TPSA) is 18.5 Å². The van der Waals surface area contributed by atoms with Crippen molar-refractivity contribution >= 4 is 0 Å². The van der Waals surface area contributed by atoms with E-state index in [1.54, 1.807) is 0 Å². The average Bonchev–Trinajstić information content (AvgIpc) is 2.66. The van der Waals surface area contributed by atoms with Crippen molar-refractivity contribution in [3.05, 3.63) is 65.7 Å². The summed E-state index contributed by atoms with van der Waals surface area (Å²) in [6.07, 6.45) is -3.50. The van der Waals surface area contributed by atoms with Crippen molar-refractivity contribution < 1.29 is 22.6 Å². The molecule has 2 nitrogen and oxygen atoms in total. The first-order valence-electron chi connectivity index (χ1n) is 9.43. The predicted octanol–water partition coefficient (Wildman–Crippen LogP) is 6.34. The van der Waals surface area contributed by atoms with Gasteiger partial charge in [-0.25, -0.2) is 0 Å². The maximum absolute atomic E-state index is 13.0. The van der Waals surface area contributed by atoms with Gasteiger partial charge in [0.25, 0.3) is 0 Å². The molecular formula is C22H27F3O2. The van der Waals surface area contributed by atoms with Crippen molar-refractivity contribution in [3.63, 3.8) is 0 Å². The van der Waals surface area contributed by atoms with Crippen LogP contribution >= 0.6 is 0 Å². The Balaban J connectivity index is 1.76. The van der Waals surface area contributed by atoms with Crippen LogP contribution in [0.4, 0.5) is 13.2 Å². The molecule has 0 spiro atoms. The van der Waals surface area contributed by atoms with Crippen LogP contribution in [-0.4, -0.2) is 18.9 Å². The molecule has 0 saturated heterocycles. The van der Waals surface area contributed by atoms with E-state index >= 15 is 0 Å². The van der Waals surface area contributed by atoms with Crippen LogP contribution in [0.1, 0.15) is 43.7 Å². The molecule has 2 rings (SSSR count). The van der Waals surface area contributed by atoms with Gasteiger partial charge in [0.2, 0.25) is 0 Å². The van der Waals surface area contributed by atoms with Crippen molar-refractivity contribution in [1.82, 2.24) is 0 Å². The molecule has 1 atom stereocenters. The molecule has 0 N–H and O–H groups in total. The predicted molar refractivity (Wildman–Crippen MR) is 101 cm³/mol. The highest BCUT2D eigenvalue weighted by molar-refractivity contribution is 5.27. The van der Waals surface area contributed by atoms with Crippen LogP contribution in [0.5, 0.6) is 5.75 Å². The molecule has 2 aromatic rings. The summed E-state index contributed by atoms with van der Waals surface area (Å²) < 4.78 is 49.8. The van der Waals surface area contributed by atoms with E-state index in [1.807, 2.05) is 61.5 Å². The Labute approximate surface area is 159 Å². The standard InChI is InChI=1S/C22H27F3O2/c1-2-3-16-26-21(22(23,24)25)11-7-10-18-12-14-20(15-13-18)27-17-19-8-5-4-6-9-19/h4-6,8-9,12-15,21H,2-3,7,10-11,16-17H2,1H3. The summed E-state index contributed by atoms with van der Waals surface area (Å²) in [6.45, 7) is 2.58. The van der Waals surface area contributed by atoms with Gasteiger partial charge in [-0.3, -0.25) is 0 Å². The van der Waals surface area contributed by atoms with Crippen LogP contribution in [0.3, 0.4) is 0 Å². The van der Waals surface area contributed by atoms with Crippen LogP contribution in [-0.2, 0) is 17.8 Å². The second kappa shape index (κ2) is 11.0. The Morgan fingerprint density at radius 2 is 1.59 bits per heavy atom. The maximum Gasteiger partial charge on any atom is 0.414 e. The van der Waals surface area contributed by atoms with E-state index in [0.29, 0.717) is 25.9 Å². The summed E-state index contributed by atoms with van der Waals surface area (Å²) in [6, 6.07) is 17.4. The van der Waals surface area contributed by atoms with E-state index in [0.717, 1.165) is 23.3 Å². The van der Waals surface area contributed by atoms with Crippen LogP contribution in [0, 0.1) is 0 Å². The first-order chi connectivity index (χ1) is 13.0. The molecule has 2 aromatic carbocycles. The minimum atomic E-state index is -4.30. The van der Waals surface area contributed by atoms with Gasteiger partial charge in [0.1, 0.15) is 12.4 Å². The van der Waals surface area contributed by atoms with Crippen LogP contribution in [0.25, 0.3) is 0 Å². The number of rotatable bonds is 11. The lowest BCUT2D eigenvalue weighted by atomic mass is 10.1. The quantitative estimate of drug-likeness (QED) is 0.424. The number of hydrogen-bond donors (Lipinski definition) is 0. The van der Waals surface area contributed by atoms with Gasteiger partial charge in [-0.1, -0.05) is 55.8 Å². The number of ether oxygens (including phenoxy) is 2. The number of halogens is 3. The van der Waals surface area contributed by atoms with Gasteiger partial charge in [0.15, 0.2) is 6.10 Å². The fraction of sp³-hybridized carbons (Fsp3) is 0.455. The SMILES string of the molecule is CCCCOC(CCCc1ccc(OCc2ccccc2)cc1)C(F)(F)F. The lowest BCUT2D eigenvalue weighted by Crippen LogP contribution is -2.32. The number of benzene rings is 2. The molecule has 0 bridgehead atoms. The highest BCUT2D eigenvalue weighted by Gasteiger charge is 2.39. The molecular weight excluding hydrogens is 353 g/mol. The number of alkyl halides is 3. The molecule has 0 aliphatic carbocycles. The Bertz CT molecular complexity index is 639. The van der Waals surface area contributed by atoms with Crippen molar-refractivity contribution in [1.29, 1.82) is 0 Å². The molecule has 0 radical (unpaired) electrons. The number of hydrogen-bond acceptors (Lipinski definition) is 2. The molecule has 0 aliphatic heterocycles. The highest BCUT2D eigenvalue weighted by Crippen LogP contribution is 2.27. The minimum Gasteiger partial charge on any atom is -0.489 e. The van der Waals surface area contributed by atoms with E-state index < -0.39 is 12.3 Å². The molecule has 148 valence electrons. The van der Waals surface area contributed by atoms with Crippen LogP contribution in [0.15, 0.2) is 54.6 Å². The lowest BCUT2D eigenvalue weighted by molar-refractivity contribution is -0.222. The minimum absolute atomic E-state index is 0.0144. The normalized spacial score (nSPS) is 12.7. The zero-order valence-electron chi connectivity index (χ0n) is 15.7. The molecule has 5 heteroatoms. The fourth-order valence-corrected chi connectivity index (χ4v) is 2.70. The smallest absolute Gasteiger partial charge is 0.414 e. The van der Waals surface area contributed by atoms with Gasteiger partial charge in [-0.15, -0.1) is 0 Å². The van der Waals surface area contributed by atoms with Gasteiger partial charge in [0, 0.05) is 6.61 Å². The third-order valence-electron chi connectivity index (χ3n) is 4.29. The summed E-state index contributed by atoms with van der Waals surface area (Å²) >= 11 is 0. The van der Waals surface area contributed by atoms with Crippen molar-refractivity contribution in [2.24, 2.45) is 0 Å². The first-order valence-corrected chi connectivity index (χ1v) is 9.43. The summed E-state index contributed by atoms with van der Waals surface area (Å²) in [4.78, 5) is 0. The Morgan fingerprint density at radius 3 is 2.22 bits per heavy atom. The Hall–Kier alpha value is -2.01. The summed E-state index contributed by atoms with van der Waals surface area (Å²) in [7, 11) is 0. The average molecular weight is 380 g/mol. The van der Waals surface area contributed by atoms with Gasteiger partial charge in [-0.05, 0) is 48.9 Å². The van der Waals surface area contributed by atoms with Crippen molar-refractivity contribution in [3.8, 4) is 5.75 Å². The molecule has 1 unspecified atom stereocenters. The zero-order valence-corrected chi connectivity index (χ0v) is 15.7. The molecule has 0 heterocycles.